The van der Waals surface area contributed by atoms with E-state index in [1.54, 1.807) is 35.7 Å². The first kappa shape index (κ1) is 19.3. The molecule has 0 saturated carbocycles. The fourth-order valence-corrected chi connectivity index (χ4v) is 4.31. The molecule has 0 aliphatic rings. The number of nitrogens with zero attached hydrogens (tertiary/aromatic N) is 2. The summed E-state index contributed by atoms with van der Waals surface area (Å²) in [4.78, 5) is 29.6. The number of halogens is 2. The number of hydrogen-bond donors (Lipinski definition) is 1. The quantitative estimate of drug-likeness (QED) is 0.376. The van der Waals surface area contributed by atoms with E-state index in [4.69, 9.17) is 0 Å². The molecular formula is C20H13F2N3O2S2. The summed E-state index contributed by atoms with van der Waals surface area (Å²) in [5.41, 5.74) is 0.685. The molecule has 2 aromatic carbocycles. The van der Waals surface area contributed by atoms with Gasteiger partial charge in [-0.2, -0.15) is 0 Å². The van der Waals surface area contributed by atoms with Crippen LogP contribution in [0.15, 0.2) is 69.9 Å². The van der Waals surface area contributed by atoms with Gasteiger partial charge < -0.3 is 5.32 Å². The Balaban J connectivity index is 1.69. The number of fused-ring (bicyclic) bond motifs is 1. The summed E-state index contributed by atoms with van der Waals surface area (Å²) in [5, 5.41) is 4.63. The van der Waals surface area contributed by atoms with Gasteiger partial charge in [-0.1, -0.05) is 30.0 Å². The van der Waals surface area contributed by atoms with Crippen LogP contribution in [0, 0.1) is 11.6 Å². The van der Waals surface area contributed by atoms with Crippen LogP contribution in [0.1, 0.15) is 0 Å². The molecule has 0 radical (unpaired) electrons. The molecule has 29 heavy (non-hydrogen) atoms. The molecule has 9 heteroatoms. The SMILES string of the molecule is O=C(CSc1nc2ccsc2c(=O)n1-c1cc(F)cc(F)c1)Nc1ccccc1. The van der Waals surface area contributed by atoms with Gasteiger partial charge in [0.25, 0.3) is 5.56 Å². The summed E-state index contributed by atoms with van der Waals surface area (Å²) < 4.78 is 29.0. The van der Waals surface area contributed by atoms with Crippen LogP contribution in [0.4, 0.5) is 14.5 Å². The largest absolute Gasteiger partial charge is 0.325 e. The van der Waals surface area contributed by atoms with Crippen molar-refractivity contribution in [2.75, 3.05) is 11.1 Å². The lowest BCUT2D eigenvalue weighted by molar-refractivity contribution is -0.113. The number of benzene rings is 2. The molecule has 5 nitrogen and oxygen atoms in total. The second-order valence-electron chi connectivity index (χ2n) is 6.00. The van der Waals surface area contributed by atoms with E-state index in [0.717, 1.165) is 34.5 Å². The lowest BCUT2D eigenvalue weighted by Crippen LogP contribution is -2.22. The van der Waals surface area contributed by atoms with Crippen molar-refractivity contribution in [1.29, 1.82) is 0 Å². The fourth-order valence-electron chi connectivity index (χ4n) is 2.73. The van der Waals surface area contributed by atoms with Gasteiger partial charge in [0.05, 0.1) is 17.0 Å². The maximum Gasteiger partial charge on any atom is 0.276 e. The first-order chi connectivity index (χ1) is 14.0. The van der Waals surface area contributed by atoms with Gasteiger partial charge >= 0.3 is 0 Å². The molecule has 0 aliphatic heterocycles. The highest BCUT2D eigenvalue weighted by Crippen LogP contribution is 2.24. The Morgan fingerprint density at radius 2 is 1.83 bits per heavy atom. The average Bonchev–Trinajstić information content (AvgIpc) is 3.15. The van der Waals surface area contributed by atoms with Crippen molar-refractivity contribution in [1.82, 2.24) is 9.55 Å². The Morgan fingerprint density at radius 3 is 2.55 bits per heavy atom. The highest BCUT2D eigenvalue weighted by Gasteiger charge is 2.17. The standard InChI is InChI=1S/C20H13F2N3O2S2/c21-12-8-13(22)10-15(9-12)25-19(27)18-16(6-7-28-18)24-20(25)29-11-17(26)23-14-4-2-1-3-5-14/h1-10H,11H2,(H,23,26). The van der Waals surface area contributed by atoms with Gasteiger partial charge in [0.1, 0.15) is 16.3 Å². The van der Waals surface area contributed by atoms with Crippen LogP contribution in [0.25, 0.3) is 15.9 Å². The summed E-state index contributed by atoms with van der Waals surface area (Å²) in [6.45, 7) is 0. The van der Waals surface area contributed by atoms with E-state index in [2.05, 4.69) is 10.3 Å². The average molecular weight is 429 g/mol. The molecule has 2 heterocycles. The maximum atomic E-state index is 13.7. The van der Waals surface area contributed by atoms with Gasteiger partial charge in [-0.15, -0.1) is 11.3 Å². The Labute approximate surface area is 172 Å². The van der Waals surface area contributed by atoms with E-state index in [-0.39, 0.29) is 22.5 Å². The third kappa shape index (κ3) is 4.20. The molecular weight excluding hydrogens is 416 g/mol. The molecule has 1 amide bonds. The maximum absolute atomic E-state index is 13.7. The number of anilines is 1. The summed E-state index contributed by atoms with van der Waals surface area (Å²) in [6, 6.07) is 13.5. The molecule has 4 aromatic rings. The lowest BCUT2D eigenvalue weighted by atomic mass is 10.3. The first-order valence-corrected chi connectivity index (χ1v) is 10.3. The zero-order valence-electron chi connectivity index (χ0n) is 14.8. The monoisotopic (exact) mass is 429 g/mol. The number of thiophene rings is 1. The summed E-state index contributed by atoms with van der Waals surface area (Å²) >= 11 is 2.21. The highest BCUT2D eigenvalue weighted by molar-refractivity contribution is 7.99. The predicted octanol–water partition coefficient (Wildman–Crippen LogP) is 4.46. The van der Waals surface area contributed by atoms with E-state index in [9.17, 15) is 18.4 Å². The Morgan fingerprint density at radius 1 is 1.10 bits per heavy atom. The zero-order chi connectivity index (χ0) is 20.4. The van der Waals surface area contributed by atoms with Crippen molar-refractivity contribution in [2.45, 2.75) is 5.16 Å². The second-order valence-corrected chi connectivity index (χ2v) is 7.86. The summed E-state index contributed by atoms with van der Waals surface area (Å²) in [5.74, 6) is -1.95. The Kier molecular flexibility index (Phi) is 5.41. The molecule has 0 unspecified atom stereocenters. The van der Waals surface area contributed by atoms with Gasteiger partial charge in [0, 0.05) is 11.8 Å². The molecule has 2 aromatic heterocycles. The molecule has 0 fully saturated rings. The van der Waals surface area contributed by atoms with Crippen molar-refractivity contribution in [3.63, 3.8) is 0 Å². The summed E-state index contributed by atoms with van der Waals surface area (Å²) in [7, 11) is 0. The number of para-hydroxylation sites is 1. The van der Waals surface area contributed by atoms with E-state index in [0.29, 0.717) is 15.9 Å². The Hall–Kier alpha value is -3.04. The minimum atomic E-state index is -0.809. The molecule has 0 aliphatic carbocycles. The van der Waals surface area contributed by atoms with E-state index < -0.39 is 17.2 Å². The summed E-state index contributed by atoms with van der Waals surface area (Å²) in [6.07, 6.45) is 0. The minimum absolute atomic E-state index is 0.0151. The molecule has 1 N–H and O–H groups in total. The van der Waals surface area contributed by atoms with Crippen molar-refractivity contribution in [3.05, 3.63) is 82.0 Å². The van der Waals surface area contributed by atoms with Crippen molar-refractivity contribution < 1.29 is 13.6 Å². The van der Waals surface area contributed by atoms with Crippen molar-refractivity contribution in [3.8, 4) is 5.69 Å². The minimum Gasteiger partial charge on any atom is -0.325 e. The van der Waals surface area contributed by atoms with Crippen LogP contribution in [0.5, 0.6) is 0 Å². The highest BCUT2D eigenvalue weighted by atomic mass is 32.2. The normalized spacial score (nSPS) is 11.0. The number of thioether (sulfide) groups is 1. The molecule has 4 rings (SSSR count). The number of carbonyl (C=O) groups is 1. The Bertz CT molecular complexity index is 1240. The molecule has 0 saturated heterocycles. The van der Waals surface area contributed by atoms with Crippen LogP contribution in [0.2, 0.25) is 0 Å². The topological polar surface area (TPSA) is 64.0 Å². The van der Waals surface area contributed by atoms with Gasteiger partial charge in [-0.3, -0.25) is 14.2 Å². The second kappa shape index (κ2) is 8.14. The number of aromatic nitrogens is 2. The zero-order valence-corrected chi connectivity index (χ0v) is 16.4. The van der Waals surface area contributed by atoms with E-state index in [1.807, 2.05) is 6.07 Å². The van der Waals surface area contributed by atoms with Crippen LogP contribution < -0.4 is 10.9 Å². The van der Waals surface area contributed by atoms with Crippen molar-refractivity contribution >= 4 is 44.9 Å². The fraction of sp³-hybridized carbons (Fsp3) is 0.0500. The van der Waals surface area contributed by atoms with Gasteiger partial charge in [-0.25, -0.2) is 13.8 Å². The van der Waals surface area contributed by atoms with E-state index >= 15 is 0 Å². The molecule has 0 atom stereocenters. The first-order valence-electron chi connectivity index (χ1n) is 8.46. The van der Waals surface area contributed by atoms with Crippen LogP contribution in [0.3, 0.4) is 0 Å². The molecule has 0 bridgehead atoms. The number of carbonyl (C=O) groups excluding carboxylic acids is 1. The van der Waals surface area contributed by atoms with Crippen LogP contribution in [-0.4, -0.2) is 21.2 Å². The lowest BCUT2D eigenvalue weighted by Gasteiger charge is -2.12. The third-order valence-corrected chi connectivity index (χ3v) is 5.77. The number of nitrogens with one attached hydrogen (secondary N) is 1. The molecule has 146 valence electrons. The number of rotatable bonds is 5. The number of hydrogen-bond acceptors (Lipinski definition) is 5. The van der Waals surface area contributed by atoms with Crippen molar-refractivity contribution in [2.24, 2.45) is 0 Å². The number of amides is 1. The van der Waals surface area contributed by atoms with Crippen LogP contribution in [-0.2, 0) is 4.79 Å². The predicted molar refractivity (Wildman–Crippen MR) is 111 cm³/mol. The van der Waals surface area contributed by atoms with Crippen LogP contribution >= 0.6 is 23.1 Å². The molecule has 0 spiro atoms. The smallest absolute Gasteiger partial charge is 0.276 e. The van der Waals surface area contributed by atoms with Gasteiger partial charge in [-0.05, 0) is 35.7 Å². The van der Waals surface area contributed by atoms with Gasteiger partial charge in [0.2, 0.25) is 5.91 Å². The van der Waals surface area contributed by atoms with Gasteiger partial charge in [0.15, 0.2) is 5.16 Å². The van der Waals surface area contributed by atoms with E-state index in [1.165, 1.54) is 11.3 Å². The third-order valence-electron chi connectivity index (χ3n) is 3.94.